The SMILES string of the molecule is COc1cccc(SCCCC(=O)[O-])c1. The number of rotatable bonds is 6. The van der Waals surface area contributed by atoms with E-state index in [4.69, 9.17) is 4.74 Å². The highest BCUT2D eigenvalue weighted by atomic mass is 32.2. The van der Waals surface area contributed by atoms with Gasteiger partial charge in [-0.2, -0.15) is 0 Å². The van der Waals surface area contributed by atoms with Crippen LogP contribution in [0.3, 0.4) is 0 Å². The maximum atomic E-state index is 10.2. The Hall–Kier alpha value is -1.16. The molecule has 0 N–H and O–H groups in total. The van der Waals surface area contributed by atoms with Crippen LogP contribution in [0.25, 0.3) is 0 Å². The zero-order valence-electron chi connectivity index (χ0n) is 8.56. The standard InChI is InChI=1S/C11H14O3S/c1-14-9-4-2-5-10(8-9)15-7-3-6-11(12)13/h2,4-5,8H,3,6-7H2,1H3,(H,12,13)/p-1. The Bertz CT molecular complexity index is 325. The highest BCUT2D eigenvalue weighted by Gasteiger charge is 1.96. The van der Waals surface area contributed by atoms with Crippen LogP contribution in [0.15, 0.2) is 29.2 Å². The summed E-state index contributed by atoms with van der Waals surface area (Å²) in [6, 6.07) is 7.71. The van der Waals surface area contributed by atoms with E-state index >= 15 is 0 Å². The third kappa shape index (κ3) is 4.74. The molecule has 4 heteroatoms. The van der Waals surface area contributed by atoms with Gasteiger partial charge in [-0.25, -0.2) is 0 Å². The maximum Gasteiger partial charge on any atom is 0.119 e. The third-order valence-corrected chi connectivity index (χ3v) is 2.92. The number of carboxylic acids is 1. The fraction of sp³-hybridized carbons (Fsp3) is 0.364. The van der Waals surface area contributed by atoms with E-state index in [1.807, 2.05) is 24.3 Å². The van der Waals surface area contributed by atoms with Gasteiger partial charge in [0.2, 0.25) is 0 Å². The van der Waals surface area contributed by atoms with E-state index in [0.29, 0.717) is 6.42 Å². The molecule has 0 saturated carbocycles. The molecule has 0 spiro atoms. The maximum absolute atomic E-state index is 10.2. The van der Waals surface area contributed by atoms with E-state index in [1.54, 1.807) is 18.9 Å². The first-order valence-electron chi connectivity index (χ1n) is 4.69. The Balaban J connectivity index is 2.33. The molecule has 0 aromatic heterocycles. The number of carbonyl (C=O) groups is 1. The molecule has 0 bridgehead atoms. The summed E-state index contributed by atoms with van der Waals surface area (Å²) in [4.78, 5) is 11.3. The van der Waals surface area contributed by atoms with Gasteiger partial charge in [-0.3, -0.25) is 0 Å². The molecular formula is C11H13O3S-. The summed E-state index contributed by atoms with van der Waals surface area (Å²) in [5, 5.41) is 10.2. The van der Waals surface area contributed by atoms with E-state index in [2.05, 4.69) is 0 Å². The number of aliphatic carboxylic acids is 1. The molecule has 1 aromatic rings. The van der Waals surface area contributed by atoms with Crippen molar-refractivity contribution in [2.75, 3.05) is 12.9 Å². The zero-order chi connectivity index (χ0) is 11.1. The number of methoxy groups -OCH3 is 1. The summed E-state index contributed by atoms with van der Waals surface area (Å²) in [6.07, 6.45) is 0.751. The van der Waals surface area contributed by atoms with Crippen molar-refractivity contribution in [1.82, 2.24) is 0 Å². The topological polar surface area (TPSA) is 49.4 Å². The second kappa shape index (κ2) is 6.35. The van der Waals surface area contributed by atoms with Gasteiger partial charge in [0.25, 0.3) is 0 Å². The molecule has 0 fully saturated rings. The minimum Gasteiger partial charge on any atom is -0.550 e. The second-order valence-electron chi connectivity index (χ2n) is 3.00. The van der Waals surface area contributed by atoms with Crippen LogP contribution in [0.2, 0.25) is 0 Å². The summed E-state index contributed by atoms with van der Waals surface area (Å²) in [7, 11) is 1.62. The van der Waals surface area contributed by atoms with Crippen molar-refractivity contribution < 1.29 is 14.6 Å². The summed E-state index contributed by atoms with van der Waals surface area (Å²) in [5.74, 6) is 0.613. The van der Waals surface area contributed by atoms with Gasteiger partial charge < -0.3 is 14.6 Å². The predicted molar refractivity (Wildman–Crippen MR) is 58.0 cm³/mol. The Kier molecular flexibility index (Phi) is 5.04. The zero-order valence-corrected chi connectivity index (χ0v) is 9.38. The molecule has 3 nitrogen and oxygen atoms in total. The van der Waals surface area contributed by atoms with E-state index in [-0.39, 0.29) is 6.42 Å². The van der Waals surface area contributed by atoms with Gasteiger partial charge >= 0.3 is 0 Å². The number of thioether (sulfide) groups is 1. The molecule has 0 aliphatic heterocycles. The smallest absolute Gasteiger partial charge is 0.119 e. The number of benzene rings is 1. The van der Waals surface area contributed by atoms with Gasteiger partial charge in [-0.1, -0.05) is 6.07 Å². The van der Waals surface area contributed by atoms with Crippen LogP contribution in [-0.4, -0.2) is 18.8 Å². The minimum absolute atomic E-state index is 0.122. The van der Waals surface area contributed by atoms with Crippen molar-refractivity contribution >= 4 is 17.7 Å². The molecule has 0 radical (unpaired) electrons. The van der Waals surface area contributed by atoms with Crippen LogP contribution >= 0.6 is 11.8 Å². The van der Waals surface area contributed by atoms with Crippen LogP contribution in [-0.2, 0) is 4.79 Å². The lowest BCUT2D eigenvalue weighted by atomic mass is 10.3. The van der Waals surface area contributed by atoms with Gasteiger partial charge in [0.15, 0.2) is 0 Å². The Morgan fingerprint density at radius 1 is 1.53 bits per heavy atom. The lowest BCUT2D eigenvalue weighted by Gasteiger charge is -2.04. The van der Waals surface area contributed by atoms with Gasteiger partial charge in [-0.15, -0.1) is 11.8 Å². The molecule has 0 atom stereocenters. The number of ether oxygens (including phenoxy) is 1. The van der Waals surface area contributed by atoms with E-state index in [1.165, 1.54) is 0 Å². The van der Waals surface area contributed by atoms with Crippen LogP contribution in [0.5, 0.6) is 5.75 Å². The van der Waals surface area contributed by atoms with E-state index in [0.717, 1.165) is 16.4 Å². The Morgan fingerprint density at radius 3 is 3.00 bits per heavy atom. The lowest BCUT2D eigenvalue weighted by Crippen LogP contribution is -2.21. The fourth-order valence-electron chi connectivity index (χ4n) is 1.10. The minimum atomic E-state index is -0.985. The van der Waals surface area contributed by atoms with Crippen molar-refractivity contribution in [1.29, 1.82) is 0 Å². The summed E-state index contributed by atoms with van der Waals surface area (Å²) in [5.41, 5.74) is 0. The van der Waals surface area contributed by atoms with Gasteiger partial charge in [0.1, 0.15) is 5.75 Å². The first kappa shape index (κ1) is 11.9. The molecule has 1 rings (SSSR count). The van der Waals surface area contributed by atoms with Crippen molar-refractivity contribution in [2.45, 2.75) is 17.7 Å². The predicted octanol–water partition coefficient (Wildman–Crippen LogP) is 1.32. The highest BCUT2D eigenvalue weighted by molar-refractivity contribution is 7.99. The molecule has 0 saturated heterocycles. The molecule has 15 heavy (non-hydrogen) atoms. The van der Waals surface area contributed by atoms with Crippen LogP contribution in [0, 0.1) is 0 Å². The Morgan fingerprint density at radius 2 is 2.33 bits per heavy atom. The molecule has 0 amide bonds. The van der Waals surface area contributed by atoms with Gasteiger partial charge in [0, 0.05) is 10.9 Å². The van der Waals surface area contributed by atoms with E-state index < -0.39 is 5.97 Å². The summed E-state index contributed by atoms with van der Waals surface area (Å²) in [6.45, 7) is 0. The second-order valence-corrected chi connectivity index (χ2v) is 4.17. The quantitative estimate of drug-likeness (QED) is 0.541. The normalized spacial score (nSPS) is 9.93. The average Bonchev–Trinajstić information content (AvgIpc) is 2.24. The number of carbonyl (C=O) groups excluding carboxylic acids is 1. The molecule has 0 aliphatic carbocycles. The monoisotopic (exact) mass is 225 g/mol. The molecule has 0 unspecified atom stereocenters. The van der Waals surface area contributed by atoms with Crippen molar-refractivity contribution in [3.05, 3.63) is 24.3 Å². The van der Waals surface area contributed by atoms with Crippen molar-refractivity contribution in [3.63, 3.8) is 0 Å². The summed E-state index contributed by atoms with van der Waals surface area (Å²) >= 11 is 1.62. The van der Waals surface area contributed by atoms with Crippen molar-refractivity contribution in [3.8, 4) is 5.75 Å². The summed E-state index contributed by atoms with van der Waals surface area (Å²) < 4.78 is 5.08. The van der Waals surface area contributed by atoms with Gasteiger partial charge in [-0.05, 0) is 36.8 Å². The number of carboxylic acid groups (broad SMARTS) is 1. The van der Waals surface area contributed by atoms with Crippen LogP contribution in [0.4, 0.5) is 0 Å². The first-order valence-corrected chi connectivity index (χ1v) is 5.67. The molecule has 1 aromatic carbocycles. The average molecular weight is 225 g/mol. The molecule has 82 valence electrons. The van der Waals surface area contributed by atoms with Crippen LogP contribution < -0.4 is 9.84 Å². The molecular weight excluding hydrogens is 212 g/mol. The fourth-order valence-corrected chi connectivity index (χ4v) is 2.00. The molecule has 0 heterocycles. The third-order valence-electron chi connectivity index (χ3n) is 1.84. The molecule has 0 aliphatic rings. The van der Waals surface area contributed by atoms with E-state index in [9.17, 15) is 9.90 Å². The lowest BCUT2D eigenvalue weighted by molar-refractivity contribution is -0.305. The Labute approximate surface area is 93.4 Å². The number of hydrogen-bond acceptors (Lipinski definition) is 4. The first-order chi connectivity index (χ1) is 7.22. The van der Waals surface area contributed by atoms with Crippen molar-refractivity contribution in [2.24, 2.45) is 0 Å². The number of hydrogen-bond donors (Lipinski definition) is 0. The highest BCUT2D eigenvalue weighted by Crippen LogP contribution is 2.23. The largest absolute Gasteiger partial charge is 0.550 e. The van der Waals surface area contributed by atoms with Crippen LogP contribution in [0.1, 0.15) is 12.8 Å². The van der Waals surface area contributed by atoms with Gasteiger partial charge in [0.05, 0.1) is 7.11 Å².